The number of hydrogen-bond acceptors (Lipinski definition) is 4. The second-order valence-corrected chi connectivity index (χ2v) is 6.64. The molecule has 0 bridgehead atoms. The van der Waals surface area contributed by atoms with Gasteiger partial charge in [-0.3, -0.25) is 19.3 Å². The van der Waals surface area contributed by atoms with Crippen molar-refractivity contribution in [3.8, 4) is 0 Å². The van der Waals surface area contributed by atoms with Gasteiger partial charge in [0.25, 0.3) is 17.7 Å². The standard InChI is InChI=1S/C23H17N3O4/c27-20-15-25(23(30)26(20)22(29)17-7-3-1-4-8-17)19-13-11-16(12-14-19)21(28)24-18-9-5-2-6-10-18/h1-14H,15H2,(H,24,28). The van der Waals surface area contributed by atoms with E-state index in [1.54, 1.807) is 66.7 Å². The summed E-state index contributed by atoms with van der Waals surface area (Å²) in [6.45, 7) is -0.243. The number of hydrogen-bond donors (Lipinski definition) is 1. The van der Waals surface area contributed by atoms with Gasteiger partial charge in [0, 0.05) is 22.5 Å². The van der Waals surface area contributed by atoms with E-state index in [0.717, 1.165) is 0 Å². The fourth-order valence-electron chi connectivity index (χ4n) is 3.13. The molecule has 148 valence electrons. The molecule has 0 atom stereocenters. The summed E-state index contributed by atoms with van der Waals surface area (Å²) in [7, 11) is 0. The molecule has 0 unspecified atom stereocenters. The molecule has 3 aromatic rings. The number of rotatable bonds is 4. The molecule has 0 spiro atoms. The van der Waals surface area contributed by atoms with E-state index >= 15 is 0 Å². The number of anilines is 2. The Hall–Kier alpha value is -4.26. The summed E-state index contributed by atoms with van der Waals surface area (Å²) < 4.78 is 0. The van der Waals surface area contributed by atoms with Crippen LogP contribution in [-0.2, 0) is 4.79 Å². The third-order valence-corrected chi connectivity index (χ3v) is 4.66. The van der Waals surface area contributed by atoms with Crippen LogP contribution < -0.4 is 10.2 Å². The lowest BCUT2D eigenvalue weighted by atomic mass is 10.1. The first kappa shape index (κ1) is 19.1. The number of benzene rings is 3. The highest BCUT2D eigenvalue weighted by molar-refractivity contribution is 6.25. The van der Waals surface area contributed by atoms with Crippen LogP contribution in [0.4, 0.5) is 16.2 Å². The van der Waals surface area contributed by atoms with E-state index in [9.17, 15) is 19.2 Å². The zero-order valence-electron chi connectivity index (χ0n) is 15.8. The van der Waals surface area contributed by atoms with Gasteiger partial charge >= 0.3 is 6.03 Å². The van der Waals surface area contributed by atoms with Gasteiger partial charge in [-0.2, -0.15) is 4.90 Å². The van der Waals surface area contributed by atoms with Crippen molar-refractivity contribution in [2.45, 2.75) is 0 Å². The number of nitrogens with zero attached hydrogens (tertiary/aromatic N) is 2. The minimum atomic E-state index is -0.713. The molecule has 5 amide bonds. The first-order valence-electron chi connectivity index (χ1n) is 9.25. The van der Waals surface area contributed by atoms with E-state index in [1.807, 2.05) is 18.2 Å². The molecule has 1 aliphatic heterocycles. The van der Waals surface area contributed by atoms with Crippen molar-refractivity contribution in [2.24, 2.45) is 0 Å². The molecule has 0 radical (unpaired) electrons. The highest BCUT2D eigenvalue weighted by Gasteiger charge is 2.41. The fourth-order valence-corrected chi connectivity index (χ4v) is 3.13. The van der Waals surface area contributed by atoms with Crippen LogP contribution in [0.2, 0.25) is 0 Å². The van der Waals surface area contributed by atoms with Crippen molar-refractivity contribution in [1.82, 2.24) is 4.90 Å². The van der Waals surface area contributed by atoms with Crippen LogP contribution >= 0.6 is 0 Å². The van der Waals surface area contributed by atoms with Gasteiger partial charge in [-0.05, 0) is 48.5 Å². The van der Waals surface area contributed by atoms with E-state index in [4.69, 9.17) is 0 Å². The Morgan fingerprint density at radius 3 is 1.97 bits per heavy atom. The molecule has 7 heteroatoms. The monoisotopic (exact) mass is 399 g/mol. The van der Waals surface area contributed by atoms with Gasteiger partial charge in [-0.1, -0.05) is 36.4 Å². The van der Waals surface area contributed by atoms with Crippen molar-refractivity contribution in [3.05, 3.63) is 96.1 Å². The molecule has 7 nitrogen and oxygen atoms in total. The summed E-state index contributed by atoms with van der Waals surface area (Å²) in [4.78, 5) is 51.8. The molecule has 1 N–H and O–H groups in total. The molecular weight excluding hydrogens is 382 g/mol. The molecule has 3 aromatic carbocycles. The molecule has 1 saturated heterocycles. The van der Waals surface area contributed by atoms with Crippen LogP contribution in [0.5, 0.6) is 0 Å². The number of amides is 5. The molecule has 0 saturated carbocycles. The summed E-state index contributed by atoms with van der Waals surface area (Å²) in [5.74, 6) is -1.55. The zero-order chi connectivity index (χ0) is 21.1. The number of nitrogens with one attached hydrogen (secondary N) is 1. The Balaban J connectivity index is 1.49. The maximum atomic E-state index is 12.7. The second kappa shape index (κ2) is 8.00. The minimum absolute atomic E-state index is 0.243. The van der Waals surface area contributed by atoms with Gasteiger partial charge in [0.1, 0.15) is 6.54 Å². The highest BCUT2D eigenvalue weighted by atomic mass is 16.2. The van der Waals surface area contributed by atoms with Gasteiger partial charge in [0.15, 0.2) is 0 Å². The number of urea groups is 1. The number of carbonyl (C=O) groups excluding carboxylic acids is 4. The van der Waals surface area contributed by atoms with Crippen LogP contribution in [0.15, 0.2) is 84.9 Å². The van der Waals surface area contributed by atoms with E-state index in [2.05, 4.69) is 5.32 Å². The molecule has 0 aliphatic carbocycles. The Bertz CT molecular complexity index is 1110. The van der Waals surface area contributed by atoms with E-state index in [1.165, 1.54) is 4.90 Å². The first-order valence-corrected chi connectivity index (χ1v) is 9.25. The summed E-state index contributed by atoms with van der Waals surface area (Å²) >= 11 is 0. The van der Waals surface area contributed by atoms with Crippen molar-refractivity contribution >= 4 is 35.1 Å². The van der Waals surface area contributed by atoms with Gasteiger partial charge < -0.3 is 5.32 Å². The molecule has 1 fully saturated rings. The maximum Gasteiger partial charge on any atom is 0.338 e. The lowest BCUT2D eigenvalue weighted by Crippen LogP contribution is -2.38. The smallest absolute Gasteiger partial charge is 0.322 e. The largest absolute Gasteiger partial charge is 0.338 e. The van der Waals surface area contributed by atoms with Crippen LogP contribution in [0.1, 0.15) is 20.7 Å². The topological polar surface area (TPSA) is 86.8 Å². The predicted molar refractivity (Wildman–Crippen MR) is 111 cm³/mol. The molecule has 1 aliphatic rings. The Morgan fingerprint density at radius 1 is 0.733 bits per heavy atom. The first-order chi connectivity index (χ1) is 14.5. The molecule has 1 heterocycles. The van der Waals surface area contributed by atoms with Crippen LogP contribution in [0.3, 0.4) is 0 Å². The molecule has 0 aromatic heterocycles. The second-order valence-electron chi connectivity index (χ2n) is 6.64. The average molecular weight is 399 g/mol. The SMILES string of the molecule is O=C(Nc1ccccc1)c1ccc(N2CC(=O)N(C(=O)c3ccccc3)C2=O)cc1. The van der Waals surface area contributed by atoms with Crippen molar-refractivity contribution in [3.63, 3.8) is 0 Å². The molecule has 4 rings (SSSR count). The summed E-state index contributed by atoms with van der Waals surface area (Å²) in [6.07, 6.45) is 0. The Morgan fingerprint density at radius 2 is 1.33 bits per heavy atom. The van der Waals surface area contributed by atoms with Crippen LogP contribution in [0.25, 0.3) is 0 Å². The van der Waals surface area contributed by atoms with Crippen molar-refractivity contribution in [2.75, 3.05) is 16.8 Å². The minimum Gasteiger partial charge on any atom is -0.322 e. The fraction of sp³-hybridized carbons (Fsp3) is 0.0435. The Kier molecular flexibility index (Phi) is 5.09. The van der Waals surface area contributed by atoms with Crippen LogP contribution in [0, 0.1) is 0 Å². The Labute approximate surface area is 172 Å². The zero-order valence-corrected chi connectivity index (χ0v) is 15.8. The van der Waals surface area contributed by atoms with Gasteiger partial charge in [0.05, 0.1) is 0 Å². The number of para-hydroxylation sites is 1. The summed E-state index contributed by atoms with van der Waals surface area (Å²) in [5.41, 5.74) is 1.75. The van der Waals surface area contributed by atoms with E-state index in [-0.39, 0.29) is 18.0 Å². The van der Waals surface area contributed by atoms with Crippen molar-refractivity contribution < 1.29 is 19.2 Å². The predicted octanol–water partition coefficient (Wildman–Crippen LogP) is 3.55. The lowest BCUT2D eigenvalue weighted by Gasteiger charge is -2.16. The van der Waals surface area contributed by atoms with Crippen LogP contribution in [-0.4, -0.2) is 35.2 Å². The highest BCUT2D eigenvalue weighted by Crippen LogP contribution is 2.23. The number of imide groups is 3. The maximum absolute atomic E-state index is 12.7. The lowest BCUT2D eigenvalue weighted by molar-refractivity contribution is -0.123. The quantitative estimate of drug-likeness (QED) is 0.537. The summed E-state index contributed by atoms with van der Waals surface area (Å²) in [6, 6.07) is 22.8. The number of carbonyl (C=O) groups is 4. The van der Waals surface area contributed by atoms with E-state index in [0.29, 0.717) is 21.8 Å². The van der Waals surface area contributed by atoms with Gasteiger partial charge in [0.2, 0.25) is 0 Å². The van der Waals surface area contributed by atoms with Gasteiger partial charge in [-0.25, -0.2) is 4.79 Å². The third kappa shape index (κ3) is 3.68. The third-order valence-electron chi connectivity index (χ3n) is 4.66. The molecule has 30 heavy (non-hydrogen) atoms. The van der Waals surface area contributed by atoms with Gasteiger partial charge in [-0.15, -0.1) is 0 Å². The molecular formula is C23H17N3O4. The van der Waals surface area contributed by atoms with E-state index < -0.39 is 17.8 Å². The summed E-state index contributed by atoms with van der Waals surface area (Å²) in [5, 5.41) is 2.78. The normalized spacial score (nSPS) is 13.5. The average Bonchev–Trinajstić information content (AvgIpc) is 3.08. The van der Waals surface area contributed by atoms with Crippen molar-refractivity contribution in [1.29, 1.82) is 0 Å².